The number of hydrogen-bond donors (Lipinski definition) is 1. The molecule has 5 heteroatoms. The Bertz CT molecular complexity index is 549. The molecule has 4 nitrogen and oxygen atoms in total. The minimum absolute atomic E-state index is 0.142. The van der Waals surface area contributed by atoms with Crippen LogP contribution in [0.2, 0.25) is 0 Å². The molecule has 19 heavy (non-hydrogen) atoms. The molecule has 0 spiro atoms. The standard InChI is InChI=1S/C14H19NO3S/c1-2-11-3-5-12(6-4-11)7-9-15-14(16)13-8-10-19(13,17)18/h3-6,13H,2,7-10H2,1H3,(H,15,16). The van der Waals surface area contributed by atoms with Gasteiger partial charge in [0, 0.05) is 6.54 Å². The van der Waals surface area contributed by atoms with Crippen molar-refractivity contribution in [3.8, 4) is 0 Å². The van der Waals surface area contributed by atoms with Gasteiger partial charge >= 0.3 is 0 Å². The third-order valence-electron chi connectivity index (χ3n) is 3.53. The van der Waals surface area contributed by atoms with Gasteiger partial charge < -0.3 is 5.32 Å². The zero-order valence-electron chi connectivity index (χ0n) is 11.1. The van der Waals surface area contributed by atoms with Crippen LogP contribution in [0.25, 0.3) is 0 Å². The lowest BCUT2D eigenvalue weighted by atomic mass is 10.1. The van der Waals surface area contributed by atoms with Crippen LogP contribution < -0.4 is 5.32 Å². The fraction of sp³-hybridized carbons (Fsp3) is 0.500. The van der Waals surface area contributed by atoms with Gasteiger partial charge in [-0.2, -0.15) is 0 Å². The van der Waals surface area contributed by atoms with Crippen molar-refractivity contribution < 1.29 is 13.2 Å². The van der Waals surface area contributed by atoms with Crippen molar-refractivity contribution in [3.63, 3.8) is 0 Å². The van der Waals surface area contributed by atoms with Crippen LogP contribution in [0.1, 0.15) is 24.5 Å². The number of benzene rings is 1. The lowest BCUT2D eigenvalue weighted by Crippen LogP contribution is -2.48. The third-order valence-corrected chi connectivity index (χ3v) is 5.66. The quantitative estimate of drug-likeness (QED) is 0.879. The van der Waals surface area contributed by atoms with Crippen LogP contribution in [0.3, 0.4) is 0 Å². The van der Waals surface area contributed by atoms with Crippen molar-refractivity contribution in [1.29, 1.82) is 0 Å². The monoisotopic (exact) mass is 281 g/mol. The van der Waals surface area contributed by atoms with Crippen molar-refractivity contribution in [2.24, 2.45) is 0 Å². The molecule has 1 fully saturated rings. The zero-order chi connectivity index (χ0) is 13.9. The molecule has 1 saturated heterocycles. The molecule has 1 N–H and O–H groups in total. The van der Waals surface area contributed by atoms with Crippen molar-refractivity contribution in [2.45, 2.75) is 31.4 Å². The molecule has 0 aromatic heterocycles. The summed E-state index contributed by atoms with van der Waals surface area (Å²) in [5.41, 5.74) is 2.43. The van der Waals surface area contributed by atoms with E-state index >= 15 is 0 Å². The molecule has 0 radical (unpaired) electrons. The Balaban J connectivity index is 1.78. The average Bonchev–Trinajstić information content (AvgIpc) is 2.38. The maximum Gasteiger partial charge on any atom is 0.238 e. The highest BCUT2D eigenvalue weighted by molar-refractivity contribution is 7.94. The van der Waals surface area contributed by atoms with Gasteiger partial charge in [-0.05, 0) is 30.4 Å². The molecule has 1 aliphatic heterocycles. The predicted molar refractivity (Wildman–Crippen MR) is 74.7 cm³/mol. The zero-order valence-corrected chi connectivity index (χ0v) is 11.9. The topological polar surface area (TPSA) is 63.2 Å². The van der Waals surface area contributed by atoms with Gasteiger partial charge in [0.2, 0.25) is 5.91 Å². The van der Waals surface area contributed by atoms with E-state index in [9.17, 15) is 13.2 Å². The number of amides is 1. The van der Waals surface area contributed by atoms with Crippen LogP contribution in [0.5, 0.6) is 0 Å². The van der Waals surface area contributed by atoms with Crippen molar-refractivity contribution in [2.75, 3.05) is 12.3 Å². The summed E-state index contributed by atoms with van der Waals surface area (Å²) in [6.45, 7) is 2.59. The summed E-state index contributed by atoms with van der Waals surface area (Å²) in [7, 11) is -3.14. The van der Waals surface area contributed by atoms with Crippen LogP contribution >= 0.6 is 0 Å². The first-order valence-electron chi connectivity index (χ1n) is 6.60. The Morgan fingerprint density at radius 3 is 2.37 bits per heavy atom. The third kappa shape index (κ3) is 3.35. The lowest BCUT2D eigenvalue weighted by molar-refractivity contribution is -0.120. The molecular weight excluding hydrogens is 262 g/mol. The second-order valence-electron chi connectivity index (χ2n) is 4.86. The van der Waals surface area contributed by atoms with Crippen molar-refractivity contribution in [1.82, 2.24) is 5.32 Å². The summed E-state index contributed by atoms with van der Waals surface area (Å²) in [4.78, 5) is 11.6. The van der Waals surface area contributed by atoms with E-state index in [0.29, 0.717) is 13.0 Å². The minimum atomic E-state index is -3.14. The molecule has 1 atom stereocenters. The van der Waals surface area contributed by atoms with E-state index in [-0.39, 0.29) is 11.7 Å². The van der Waals surface area contributed by atoms with Gasteiger partial charge in [0.25, 0.3) is 0 Å². The molecule has 1 aromatic rings. The summed E-state index contributed by atoms with van der Waals surface area (Å²) in [6.07, 6.45) is 2.19. The Hall–Kier alpha value is -1.36. The number of carbonyl (C=O) groups excluding carboxylic acids is 1. The number of hydrogen-bond acceptors (Lipinski definition) is 3. The van der Waals surface area contributed by atoms with Gasteiger partial charge in [0.1, 0.15) is 5.25 Å². The first-order valence-corrected chi connectivity index (χ1v) is 8.31. The molecular formula is C14H19NO3S. The van der Waals surface area contributed by atoms with E-state index in [4.69, 9.17) is 0 Å². The molecule has 1 aliphatic rings. The van der Waals surface area contributed by atoms with Gasteiger partial charge in [0.15, 0.2) is 9.84 Å². The molecule has 1 heterocycles. The highest BCUT2D eigenvalue weighted by Crippen LogP contribution is 2.20. The second-order valence-corrected chi connectivity index (χ2v) is 7.16. The molecule has 1 aromatic carbocycles. The van der Waals surface area contributed by atoms with Gasteiger partial charge in [0.05, 0.1) is 5.75 Å². The highest BCUT2D eigenvalue weighted by atomic mass is 32.2. The Kier molecular flexibility index (Phi) is 4.24. The molecule has 2 rings (SSSR count). The van der Waals surface area contributed by atoms with Crippen LogP contribution in [0, 0.1) is 0 Å². The fourth-order valence-corrected chi connectivity index (χ4v) is 3.37. The normalized spacial score (nSPS) is 20.6. The molecule has 0 saturated carbocycles. The van der Waals surface area contributed by atoms with Gasteiger partial charge in [-0.15, -0.1) is 0 Å². The van der Waals surface area contributed by atoms with Crippen LogP contribution in [0.4, 0.5) is 0 Å². The number of carbonyl (C=O) groups is 1. The van der Waals surface area contributed by atoms with Gasteiger partial charge in [-0.25, -0.2) is 8.42 Å². The Morgan fingerprint density at radius 1 is 1.26 bits per heavy atom. The summed E-state index contributed by atoms with van der Waals surface area (Å²) in [6, 6.07) is 8.25. The van der Waals surface area contributed by atoms with Gasteiger partial charge in [-0.1, -0.05) is 31.2 Å². The first kappa shape index (κ1) is 14.1. The van der Waals surface area contributed by atoms with Crippen molar-refractivity contribution >= 4 is 15.7 Å². The van der Waals surface area contributed by atoms with E-state index in [1.54, 1.807) is 0 Å². The number of rotatable bonds is 5. The lowest BCUT2D eigenvalue weighted by Gasteiger charge is -2.24. The highest BCUT2D eigenvalue weighted by Gasteiger charge is 2.40. The predicted octanol–water partition coefficient (Wildman–Crippen LogP) is 1.09. The Labute approximate surface area is 114 Å². The van der Waals surface area contributed by atoms with E-state index in [0.717, 1.165) is 18.4 Å². The molecule has 1 unspecified atom stereocenters. The first-order chi connectivity index (χ1) is 9.03. The SMILES string of the molecule is CCc1ccc(CCNC(=O)C2CCS2(=O)=O)cc1. The molecule has 0 bridgehead atoms. The largest absolute Gasteiger partial charge is 0.355 e. The summed E-state index contributed by atoms with van der Waals surface area (Å²) in [5, 5.41) is 1.89. The number of aryl methyl sites for hydroxylation is 1. The summed E-state index contributed by atoms with van der Waals surface area (Å²) >= 11 is 0. The van der Waals surface area contributed by atoms with Crippen LogP contribution in [-0.2, 0) is 27.5 Å². The maximum absolute atomic E-state index is 11.6. The van der Waals surface area contributed by atoms with Crippen molar-refractivity contribution in [3.05, 3.63) is 35.4 Å². The summed E-state index contributed by atoms with van der Waals surface area (Å²) in [5.74, 6) is -0.208. The average molecular weight is 281 g/mol. The van der Waals surface area contributed by atoms with E-state index in [1.807, 2.05) is 12.1 Å². The van der Waals surface area contributed by atoms with E-state index in [2.05, 4.69) is 24.4 Å². The van der Waals surface area contributed by atoms with Gasteiger partial charge in [-0.3, -0.25) is 4.79 Å². The fourth-order valence-electron chi connectivity index (χ4n) is 2.11. The second kappa shape index (κ2) is 5.74. The van der Waals surface area contributed by atoms with Crippen LogP contribution in [-0.4, -0.2) is 31.9 Å². The maximum atomic E-state index is 11.6. The molecule has 1 amide bonds. The Morgan fingerprint density at radius 2 is 1.89 bits per heavy atom. The number of nitrogens with one attached hydrogen (secondary N) is 1. The van der Waals surface area contributed by atoms with Crippen LogP contribution in [0.15, 0.2) is 24.3 Å². The minimum Gasteiger partial charge on any atom is -0.355 e. The molecule has 104 valence electrons. The van der Waals surface area contributed by atoms with E-state index < -0.39 is 15.1 Å². The molecule has 0 aliphatic carbocycles. The number of sulfone groups is 1. The smallest absolute Gasteiger partial charge is 0.238 e. The summed E-state index contributed by atoms with van der Waals surface area (Å²) < 4.78 is 22.6. The van der Waals surface area contributed by atoms with E-state index in [1.165, 1.54) is 5.56 Å².